The molecule has 0 amide bonds. The third kappa shape index (κ3) is 2.39. The zero-order valence-electron chi connectivity index (χ0n) is 8.36. The summed E-state index contributed by atoms with van der Waals surface area (Å²) >= 11 is 0. The monoisotopic (exact) mass is 194 g/mol. The van der Waals surface area contributed by atoms with Crippen LogP contribution in [0.3, 0.4) is 0 Å². The molecule has 2 N–H and O–H groups in total. The van der Waals surface area contributed by atoms with Crippen molar-refractivity contribution >= 4 is 6.21 Å². The minimum absolute atomic E-state index is 0.597. The standard InChI is InChI=1S/C10H14N2O2/c1-3-14-10-6-8(7-12-11)4-5-9(10)13-2/h4-7H,3,11H2,1-2H3. The molecule has 4 heteroatoms. The minimum Gasteiger partial charge on any atom is -0.493 e. The van der Waals surface area contributed by atoms with Gasteiger partial charge in [0.05, 0.1) is 19.9 Å². The Morgan fingerprint density at radius 3 is 2.79 bits per heavy atom. The third-order valence-electron chi connectivity index (χ3n) is 1.71. The number of hydrogen-bond donors (Lipinski definition) is 1. The van der Waals surface area contributed by atoms with Crippen molar-refractivity contribution < 1.29 is 9.47 Å². The zero-order valence-corrected chi connectivity index (χ0v) is 8.36. The quantitative estimate of drug-likeness (QED) is 0.447. The van der Waals surface area contributed by atoms with Gasteiger partial charge in [0.2, 0.25) is 0 Å². The Labute approximate surface area is 83.3 Å². The van der Waals surface area contributed by atoms with Crippen molar-refractivity contribution in [1.29, 1.82) is 0 Å². The summed E-state index contributed by atoms with van der Waals surface area (Å²) < 4.78 is 10.5. The molecule has 0 heterocycles. The number of nitrogens with zero attached hydrogens (tertiary/aromatic N) is 1. The lowest BCUT2D eigenvalue weighted by atomic mass is 10.2. The molecular formula is C10H14N2O2. The molecule has 1 aromatic carbocycles. The van der Waals surface area contributed by atoms with Crippen molar-refractivity contribution in [2.75, 3.05) is 13.7 Å². The molecule has 1 rings (SSSR count). The Morgan fingerprint density at radius 2 is 2.21 bits per heavy atom. The van der Waals surface area contributed by atoms with E-state index < -0.39 is 0 Å². The number of nitrogens with two attached hydrogens (primary N) is 1. The van der Waals surface area contributed by atoms with Crippen LogP contribution in [0.5, 0.6) is 11.5 Å². The molecule has 0 radical (unpaired) electrons. The fourth-order valence-corrected chi connectivity index (χ4v) is 1.13. The highest BCUT2D eigenvalue weighted by Crippen LogP contribution is 2.27. The summed E-state index contributed by atoms with van der Waals surface area (Å²) in [6, 6.07) is 5.51. The van der Waals surface area contributed by atoms with E-state index in [9.17, 15) is 0 Å². The van der Waals surface area contributed by atoms with Gasteiger partial charge in [-0.25, -0.2) is 0 Å². The molecule has 0 fully saturated rings. The van der Waals surface area contributed by atoms with Gasteiger partial charge in [0, 0.05) is 0 Å². The van der Waals surface area contributed by atoms with Crippen LogP contribution in [0.2, 0.25) is 0 Å². The first-order chi connectivity index (χ1) is 6.81. The van der Waals surface area contributed by atoms with Crippen LogP contribution >= 0.6 is 0 Å². The lowest BCUT2D eigenvalue weighted by Crippen LogP contribution is -1.96. The van der Waals surface area contributed by atoms with E-state index in [0.717, 1.165) is 5.56 Å². The second-order valence-corrected chi connectivity index (χ2v) is 2.62. The SMILES string of the molecule is CCOc1cc(C=NN)ccc1OC. The van der Waals surface area contributed by atoms with E-state index in [4.69, 9.17) is 15.3 Å². The Morgan fingerprint density at radius 1 is 1.43 bits per heavy atom. The number of benzene rings is 1. The molecule has 0 spiro atoms. The van der Waals surface area contributed by atoms with E-state index in [1.165, 1.54) is 0 Å². The van der Waals surface area contributed by atoms with Gasteiger partial charge in [-0.2, -0.15) is 5.10 Å². The van der Waals surface area contributed by atoms with Crippen LogP contribution in [0, 0.1) is 0 Å². The second kappa shape index (κ2) is 5.11. The van der Waals surface area contributed by atoms with Crippen molar-refractivity contribution in [3.8, 4) is 11.5 Å². The van der Waals surface area contributed by atoms with Crippen LogP contribution in [0.1, 0.15) is 12.5 Å². The first-order valence-electron chi connectivity index (χ1n) is 4.36. The van der Waals surface area contributed by atoms with Crippen LogP contribution < -0.4 is 15.3 Å². The zero-order chi connectivity index (χ0) is 10.4. The smallest absolute Gasteiger partial charge is 0.161 e. The summed E-state index contributed by atoms with van der Waals surface area (Å²) in [5.74, 6) is 6.46. The summed E-state index contributed by atoms with van der Waals surface area (Å²) in [7, 11) is 1.61. The molecule has 0 bridgehead atoms. The van der Waals surface area contributed by atoms with Crippen molar-refractivity contribution in [3.05, 3.63) is 23.8 Å². The number of ether oxygens (including phenoxy) is 2. The fourth-order valence-electron chi connectivity index (χ4n) is 1.13. The normalized spacial score (nSPS) is 10.4. The molecule has 0 aliphatic heterocycles. The highest BCUT2D eigenvalue weighted by atomic mass is 16.5. The maximum absolute atomic E-state index is 5.39. The van der Waals surface area contributed by atoms with E-state index in [2.05, 4.69) is 5.10 Å². The maximum Gasteiger partial charge on any atom is 0.161 e. The average Bonchev–Trinajstić information content (AvgIpc) is 2.19. The van der Waals surface area contributed by atoms with Crippen LogP contribution in [-0.4, -0.2) is 19.9 Å². The molecule has 0 saturated heterocycles. The molecule has 76 valence electrons. The summed E-state index contributed by atoms with van der Waals surface area (Å²) in [4.78, 5) is 0. The van der Waals surface area contributed by atoms with E-state index in [1.807, 2.05) is 25.1 Å². The van der Waals surface area contributed by atoms with Gasteiger partial charge in [0.25, 0.3) is 0 Å². The highest BCUT2D eigenvalue weighted by Gasteiger charge is 2.03. The van der Waals surface area contributed by atoms with Crippen molar-refractivity contribution in [2.45, 2.75) is 6.92 Å². The summed E-state index contributed by atoms with van der Waals surface area (Å²) in [5.41, 5.74) is 0.886. The van der Waals surface area contributed by atoms with Gasteiger partial charge in [0.1, 0.15) is 0 Å². The largest absolute Gasteiger partial charge is 0.493 e. The van der Waals surface area contributed by atoms with Gasteiger partial charge in [-0.3, -0.25) is 0 Å². The first-order valence-corrected chi connectivity index (χ1v) is 4.36. The van der Waals surface area contributed by atoms with E-state index >= 15 is 0 Å². The number of rotatable bonds is 4. The fraction of sp³-hybridized carbons (Fsp3) is 0.300. The van der Waals surface area contributed by atoms with E-state index in [-0.39, 0.29) is 0 Å². The summed E-state index contributed by atoms with van der Waals surface area (Å²) in [5, 5.41) is 3.44. The van der Waals surface area contributed by atoms with Crippen LogP contribution in [-0.2, 0) is 0 Å². The second-order valence-electron chi connectivity index (χ2n) is 2.62. The molecule has 0 aliphatic rings. The van der Waals surface area contributed by atoms with Crippen molar-refractivity contribution in [2.24, 2.45) is 10.9 Å². The lowest BCUT2D eigenvalue weighted by Gasteiger charge is -2.09. The molecule has 4 nitrogen and oxygen atoms in total. The highest BCUT2D eigenvalue weighted by molar-refractivity contribution is 5.80. The molecule has 0 unspecified atom stereocenters. The lowest BCUT2D eigenvalue weighted by molar-refractivity contribution is 0.311. The molecule has 0 aromatic heterocycles. The Balaban J connectivity index is 3.00. The molecule has 0 atom stereocenters. The Bertz CT molecular complexity index is 324. The molecule has 0 saturated carbocycles. The van der Waals surface area contributed by atoms with Gasteiger partial charge in [0.15, 0.2) is 11.5 Å². The van der Waals surface area contributed by atoms with Gasteiger partial charge in [-0.15, -0.1) is 0 Å². The average molecular weight is 194 g/mol. The number of methoxy groups -OCH3 is 1. The van der Waals surface area contributed by atoms with Crippen LogP contribution in [0.4, 0.5) is 0 Å². The summed E-state index contributed by atoms with van der Waals surface area (Å²) in [6.45, 7) is 2.52. The third-order valence-corrected chi connectivity index (χ3v) is 1.71. The molecular weight excluding hydrogens is 180 g/mol. The van der Waals surface area contributed by atoms with Crippen LogP contribution in [0.15, 0.2) is 23.3 Å². The molecule has 14 heavy (non-hydrogen) atoms. The summed E-state index contributed by atoms with van der Waals surface area (Å²) in [6.07, 6.45) is 1.56. The van der Waals surface area contributed by atoms with Gasteiger partial charge < -0.3 is 15.3 Å². The first kappa shape index (κ1) is 10.4. The van der Waals surface area contributed by atoms with E-state index in [0.29, 0.717) is 18.1 Å². The topological polar surface area (TPSA) is 56.8 Å². The Kier molecular flexibility index (Phi) is 3.79. The van der Waals surface area contributed by atoms with Crippen molar-refractivity contribution in [1.82, 2.24) is 0 Å². The predicted octanol–water partition coefficient (Wildman–Crippen LogP) is 1.39. The van der Waals surface area contributed by atoms with Crippen molar-refractivity contribution in [3.63, 3.8) is 0 Å². The molecule has 0 aliphatic carbocycles. The Hall–Kier alpha value is -1.71. The van der Waals surface area contributed by atoms with E-state index in [1.54, 1.807) is 13.3 Å². The van der Waals surface area contributed by atoms with Crippen LogP contribution in [0.25, 0.3) is 0 Å². The number of hydrazone groups is 1. The van der Waals surface area contributed by atoms with Gasteiger partial charge in [-0.05, 0) is 30.7 Å². The maximum atomic E-state index is 5.39. The minimum atomic E-state index is 0.597. The molecule has 1 aromatic rings. The van der Waals surface area contributed by atoms with Gasteiger partial charge >= 0.3 is 0 Å². The van der Waals surface area contributed by atoms with Gasteiger partial charge in [-0.1, -0.05) is 0 Å². The number of hydrogen-bond acceptors (Lipinski definition) is 4. The predicted molar refractivity (Wildman–Crippen MR) is 55.9 cm³/mol.